The van der Waals surface area contributed by atoms with Gasteiger partial charge in [0.1, 0.15) is 0 Å². The van der Waals surface area contributed by atoms with Crippen molar-refractivity contribution < 1.29 is 14.0 Å². The van der Waals surface area contributed by atoms with Gasteiger partial charge in [-0.15, -0.1) is 0 Å². The van der Waals surface area contributed by atoms with Gasteiger partial charge in [0, 0.05) is 24.3 Å². The van der Waals surface area contributed by atoms with Crippen LogP contribution < -0.4 is 10.2 Å². The molecule has 0 saturated carbocycles. The molecule has 1 aromatic heterocycles. The van der Waals surface area contributed by atoms with Crippen molar-refractivity contribution >= 4 is 23.2 Å². The standard InChI is InChI=1S/C22H20N2O3/c25-21(11-8-16-5-2-1-3-6-16)23-18-10-9-17-12-13-24(19(17)15-18)22(26)20-7-4-14-27-20/h1-7,9-10,14-15H,8,11-13H2,(H,23,25). The summed E-state index contributed by atoms with van der Waals surface area (Å²) in [4.78, 5) is 26.6. The van der Waals surface area contributed by atoms with Gasteiger partial charge in [0.05, 0.1) is 6.26 Å². The molecule has 1 aliphatic heterocycles. The largest absolute Gasteiger partial charge is 0.459 e. The molecule has 27 heavy (non-hydrogen) atoms. The molecule has 0 aliphatic carbocycles. The van der Waals surface area contributed by atoms with Crippen molar-refractivity contribution in [3.05, 3.63) is 83.8 Å². The zero-order valence-corrected chi connectivity index (χ0v) is 14.9. The number of rotatable bonds is 5. The molecule has 2 heterocycles. The highest BCUT2D eigenvalue weighted by atomic mass is 16.3. The molecular formula is C22H20N2O3. The second-order valence-corrected chi connectivity index (χ2v) is 6.56. The average Bonchev–Trinajstić information content (AvgIpc) is 3.36. The monoisotopic (exact) mass is 360 g/mol. The van der Waals surface area contributed by atoms with Crippen LogP contribution in [0.2, 0.25) is 0 Å². The fourth-order valence-corrected chi connectivity index (χ4v) is 3.33. The summed E-state index contributed by atoms with van der Waals surface area (Å²) in [6, 6.07) is 19.0. The number of carbonyl (C=O) groups is 2. The molecule has 3 aromatic rings. The number of benzene rings is 2. The average molecular weight is 360 g/mol. The van der Waals surface area contributed by atoms with E-state index in [-0.39, 0.29) is 11.8 Å². The Labute approximate surface area is 157 Å². The minimum Gasteiger partial charge on any atom is -0.459 e. The molecule has 0 unspecified atom stereocenters. The maximum atomic E-state index is 12.6. The van der Waals surface area contributed by atoms with Crippen LogP contribution in [0.5, 0.6) is 0 Å². The molecule has 4 rings (SSSR count). The number of nitrogens with one attached hydrogen (secondary N) is 1. The Hall–Kier alpha value is -3.34. The number of amides is 2. The van der Waals surface area contributed by atoms with Gasteiger partial charge >= 0.3 is 0 Å². The molecule has 1 aliphatic rings. The van der Waals surface area contributed by atoms with Crippen molar-refractivity contribution in [2.45, 2.75) is 19.3 Å². The Morgan fingerprint density at radius 2 is 1.89 bits per heavy atom. The van der Waals surface area contributed by atoms with E-state index < -0.39 is 0 Å². The summed E-state index contributed by atoms with van der Waals surface area (Å²) in [6.45, 7) is 0.611. The van der Waals surface area contributed by atoms with E-state index in [0.29, 0.717) is 30.8 Å². The molecule has 0 spiro atoms. The summed E-state index contributed by atoms with van der Waals surface area (Å²) in [7, 11) is 0. The summed E-state index contributed by atoms with van der Waals surface area (Å²) >= 11 is 0. The quantitative estimate of drug-likeness (QED) is 0.746. The fraction of sp³-hybridized carbons (Fsp3) is 0.182. The summed E-state index contributed by atoms with van der Waals surface area (Å²) in [5.41, 5.74) is 3.76. The molecule has 0 saturated heterocycles. The van der Waals surface area contributed by atoms with Crippen molar-refractivity contribution in [3.63, 3.8) is 0 Å². The lowest BCUT2D eigenvalue weighted by atomic mass is 10.1. The van der Waals surface area contributed by atoms with Crippen LogP contribution in [0.4, 0.5) is 11.4 Å². The van der Waals surface area contributed by atoms with Gasteiger partial charge in [-0.3, -0.25) is 9.59 Å². The Balaban J connectivity index is 1.44. The highest BCUT2D eigenvalue weighted by Crippen LogP contribution is 2.32. The number of nitrogens with zero attached hydrogens (tertiary/aromatic N) is 1. The molecule has 0 radical (unpaired) electrons. The van der Waals surface area contributed by atoms with Crippen molar-refractivity contribution in [2.24, 2.45) is 0 Å². The van der Waals surface area contributed by atoms with E-state index in [2.05, 4.69) is 5.32 Å². The van der Waals surface area contributed by atoms with Crippen molar-refractivity contribution in [1.29, 1.82) is 0 Å². The van der Waals surface area contributed by atoms with Crippen LogP contribution in [0, 0.1) is 0 Å². The highest BCUT2D eigenvalue weighted by Gasteiger charge is 2.27. The molecular weight excluding hydrogens is 340 g/mol. The number of carbonyl (C=O) groups excluding carboxylic acids is 2. The maximum absolute atomic E-state index is 12.6. The lowest BCUT2D eigenvalue weighted by Gasteiger charge is -2.17. The Morgan fingerprint density at radius 1 is 1.04 bits per heavy atom. The molecule has 5 heteroatoms. The summed E-state index contributed by atoms with van der Waals surface area (Å²) in [5.74, 6) is 0.118. The van der Waals surface area contributed by atoms with E-state index in [1.807, 2.05) is 48.5 Å². The lowest BCUT2D eigenvalue weighted by molar-refractivity contribution is -0.116. The Bertz CT molecular complexity index is 949. The third-order valence-corrected chi connectivity index (χ3v) is 4.73. The molecule has 0 fully saturated rings. The van der Waals surface area contributed by atoms with Crippen LogP contribution in [0.25, 0.3) is 0 Å². The topological polar surface area (TPSA) is 62.6 Å². The summed E-state index contributed by atoms with van der Waals surface area (Å²) < 4.78 is 5.23. The van der Waals surface area contributed by atoms with Crippen LogP contribution >= 0.6 is 0 Å². The minimum atomic E-state index is -0.161. The zero-order chi connectivity index (χ0) is 18.6. The van der Waals surface area contributed by atoms with Gasteiger partial charge in [-0.2, -0.15) is 0 Å². The molecule has 2 aromatic carbocycles. The van der Waals surface area contributed by atoms with Gasteiger partial charge in [-0.05, 0) is 48.2 Å². The van der Waals surface area contributed by atoms with Crippen molar-refractivity contribution in [1.82, 2.24) is 0 Å². The first kappa shape index (κ1) is 17.1. The van der Waals surface area contributed by atoms with E-state index in [1.165, 1.54) is 6.26 Å². The van der Waals surface area contributed by atoms with Crippen LogP contribution in [-0.4, -0.2) is 18.4 Å². The Kier molecular flexibility index (Phi) is 4.75. The molecule has 5 nitrogen and oxygen atoms in total. The SMILES string of the molecule is O=C(CCc1ccccc1)Nc1ccc2c(c1)N(C(=O)c1ccco1)CC2. The zero-order valence-electron chi connectivity index (χ0n) is 14.9. The van der Waals surface area contributed by atoms with Crippen LogP contribution in [-0.2, 0) is 17.6 Å². The molecule has 1 N–H and O–H groups in total. The minimum absolute atomic E-state index is 0.0410. The maximum Gasteiger partial charge on any atom is 0.293 e. The second kappa shape index (κ2) is 7.50. The van der Waals surface area contributed by atoms with Gasteiger partial charge in [0.15, 0.2) is 5.76 Å². The molecule has 136 valence electrons. The van der Waals surface area contributed by atoms with Gasteiger partial charge in [0.25, 0.3) is 5.91 Å². The summed E-state index contributed by atoms with van der Waals surface area (Å²) in [6.07, 6.45) is 3.40. The van der Waals surface area contributed by atoms with Crippen molar-refractivity contribution in [3.8, 4) is 0 Å². The first-order valence-electron chi connectivity index (χ1n) is 9.03. The number of hydrogen-bond donors (Lipinski definition) is 1. The van der Waals surface area contributed by atoms with E-state index in [9.17, 15) is 9.59 Å². The number of aryl methyl sites for hydroxylation is 1. The van der Waals surface area contributed by atoms with Crippen LogP contribution in [0.15, 0.2) is 71.3 Å². The van der Waals surface area contributed by atoms with Crippen LogP contribution in [0.3, 0.4) is 0 Å². The number of hydrogen-bond acceptors (Lipinski definition) is 3. The highest BCUT2D eigenvalue weighted by molar-refractivity contribution is 6.06. The van der Waals surface area contributed by atoms with Gasteiger partial charge in [-0.25, -0.2) is 0 Å². The Morgan fingerprint density at radius 3 is 2.67 bits per heavy atom. The second-order valence-electron chi connectivity index (χ2n) is 6.56. The fourth-order valence-electron chi connectivity index (χ4n) is 3.33. The molecule has 0 atom stereocenters. The molecule has 0 bridgehead atoms. The molecule has 2 amide bonds. The lowest BCUT2D eigenvalue weighted by Crippen LogP contribution is -2.28. The van der Waals surface area contributed by atoms with E-state index in [1.54, 1.807) is 17.0 Å². The smallest absolute Gasteiger partial charge is 0.293 e. The first-order chi connectivity index (χ1) is 13.2. The van der Waals surface area contributed by atoms with Crippen LogP contribution in [0.1, 0.15) is 28.1 Å². The van der Waals surface area contributed by atoms with E-state index in [4.69, 9.17) is 4.42 Å². The number of fused-ring (bicyclic) bond motifs is 1. The van der Waals surface area contributed by atoms with Gasteiger partial charge < -0.3 is 14.6 Å². The number of anilines is 2. The van der Waals surface area contributed by atoms with E-state index in [0.717, 1.165) is 23.2 Å². The number of furan rings is 1. The summed E-state index contributed by atoms with van der Waals surface area (Å²) in [5, 5.41) is 2.94. The third-order valence-electron chi connectivity index (χ3n) is 4.73. The predicted octanol–water partition coefficient (Wildman–Crippen LogP) is 4.05. The van der Waals surface area contributed by atoms with Crippen molar-refractivity contribution in [2.75, 3.05) is 16.8 Å². The van der Waals surface area contributed by atoms with E-state index >= 15 is 0 Å². The van der Waals surface area contributed by atoms with Gasteiger partial charge in [-0.1, -0.05) is 36.4 Å². The normalized spacial score (nSPS) is 12.7. The third kappa shape index (κ3) is 3.77. The predicted molar refractivity (Wildman–Crippen MR) is 104 cm³/mol. The van der Waals surface area contributed by atoms with Gasteiger partial charge in [0.2, 0.25) is 5.91 Å². The first-order valence-corrected chi connectivity index (χ1v) is 9.03.